The molecule has 0 radical (unpaired) electrons. The number of aromatic nitrogens is 3. The molecule has 0 bridgehead atoms. The maximum atomic E-state index is 12.4. The summed E-state index contributed by atoms with van der Waals surface area (Å²) >= 11 is 3.37. The molecule has 0 fully saturated rings. The lowest BCUT2D eigenvalue weighted by atomic mass is 10.2. The smallest absolute Gasteiger partial charge is 0.261 e. The fraction of sp³-hybridized carbons (Fsp3) is 0.0667. The molecule has 106 valence electrons. The molecule has 2 aromatic heterocycles. The highest BCUT2D eigenvalue weighted by Crippen LogP contribution is 2.18. The van der Waals surface area contributed by atoms with Crippen LogP contribution in [0.4, 0.5) is 5.69 Å². The summed E-state index contributed by atoms with van der Waals surface area (Å²) in [5.41, 5.74) is 1.27. The van der Waals surface area contributed by atoms with Crippen molar-refractivity contribution in [1.82, 2.24) is 14.3 Å². The van der Waals surface area contributed by atoms with Crippen LogP contribution in [-0.4, -0.2) is 20.3 Å². The molecule has 0 aliphatic heterocycles. The van der Waals surface area contributed by atoms with Crippen molar-refractivity contribution >= 4 is 27.5 Å². The zero-order valence-electron chi connectivity index (χ0n) is 11.3. The lowest BCUT2D eigenvalue weighted by molar-refractivity contribution is 0.102. The van der Waals surface area contributed by atoms with E-state index >= 15 is 0 Å². The largest absolute Gasteiger partial charge is 0.322 e. The van der Waals surface area contributed by atoms with Crippen molar-refractivity contribution in [2.45, 2.75) is 0 Å². The van der Waals surface area contributed by atoms with Crippen LogP contribution in [-0.2, 0) is 7.05 Å². The molecular formula is C15H13BrN4O. The van der Waals surface area contributed by atoms with Crippen LogP contribution in [0, 0.1) is 0 Å². The van der Waals surface area contributed by atoms with Crippen LogP contribution in [0.3, 0.4) is 0 Å². The van der Waals surface area contributed by atoms with Gasteiger partial charge in [-0.25, -0.2) is 0 Å². The second kappa shape index (κ2) is 5.57. The average molecular weight is 345 g/mol. The monoisotopic (exact) mass is 344 g/mol. The molecule has 0 unspecified atom stereocenters. The van der Waals surface area contributed by atoms with Gasteiger partial charge in [0.05, 0.1) is 6.20 Å². The Bertz CT molecular complexity index is 760. The van der Waals surface area contributed by atoms with E-state index in [0.717, 1.165) is 16.0 Å². The van der Waals surface area contributed by atoms with Crippen LogP contribution in [0.25, 0.3) is 5.82 Å². The number of halogens is 1. The molecule has 0 aliphatic rings. The van der Waals surface area contributed by atoms with Crippen molar-refractivity contribution in [2.75, 3.05) is 5.32 Å². The zero-order chi connectivity index (χ0) is 14.8. The molecule has 6 heteroatoms. The minimum atomic E-state index is -0.186. The third-order valence-corrected chi connectivity index (χ3v) is 3.63. The Labute approximate surface area is 130 Å². The molecule has 1 amide bonds. The number of rotatable bonds is 3. The Kier molecular flexibility index (Phi) is 3.62. The fourth-order valence-electron chi connectivity index (χ4n) is 2.10. The lowest BCUT2D eigenvalue weighted by Gasteiger charge is -2.08. The first kappa shape index (κ1) is 13.6. The van der Waals surface area contributed by atoms with E-state index in [1.165, 1.54) is 0 Å². The third-order valence-electron chi connectivity index (χ3n) is 3.10. The molecule has 0 spiro atoms. The molecule has 1 N–H and O–H groups in total. The van der Waals surface area contributed by atoms with Crippen molar-refractivity contribution < 1.29 is 4.79 Å². The van der Waals surface area contributed by atoms with Crippen molar-refractivity contribution in [2.24, 2.45) is 7.05 Å². The van der Waals surface area contributed by atoms with Gasteiger partial charge in [0.15, 0.2) is 0 Å². The molecular weight excluding hydrogens is 332 g/mol. The lowest BCUT2D eigenvalue weighted by Crippen LogP contribution is -2.14. The Morgan fingerprint density at radius 2 is 1.86 bits per heavy atom. The quantitative estimate of drug-likeness (QED) is 0.792. The summed E-state index contributed by atoms with van der Waals surface area (Å²) in [7, 11) is 1.81. The van der Waals surface area contributed by atoms with Crippen molar-refractivity contribution in [3.8, 4) is 5.82 Å². The van der Waals surface area contributed by atoms with E-state index in [4.69, 9.17) is 0 Å². The average Bonchev–Trinajstić information content (AvgIpc) is 3.10. The number of anilines is 1. The van der Waals surface area contributed by atoms with E-state index in [1.54, 1.807) is 10.9 Å². The molecule has 0 saturated heterocycles. The zero-order valence-corrected chi connectivity index (χ0v) is 12.9. The molecule has 0 atom stereocenters. The van der Waals surface area contributed by atoms with Gasteiger partial charge in [-0.15, -0.1) is 0 Å². The summed E-state index contributed by atoms with van der Waals surface area (Å²) in [6.45, 7) is 0. The van der Waals surface area contributed by atoms with E-state index in [2.05, 4.69) is 26.3 Å². The minimum absolute atomic E-state index is 0.186. The molecule has 0 aliphatic carbocycles. The minimum Gasteiger partial charge on any atom is -0.322 e. The predicted molar refractivity (Wildman–Crippen MR) is 84.6 cm³/mol. The van der Waals surface area contributed by atoms with Crippen molar-refractivity contribution in [3.63, 3.8) is 0 Å². The van der Waals surface area contributed by atoms with E-state index < -0.39 is 0 Å². The van der Waals surface area contributed by atoms with E-state index in [9.17, 15) is 4.79 Å². The highest BCUT2D eigenvalue weighted by atomic mass is 79.9. The van der Waals surface area contributed by atoms with E-state index in [-0.39, 0.29) is 5.91 Å². The van der Waals surface area contributed by atoms with Crippen LogP contribution < -0.4 is 5.32 Å². The van der Waals surface area contributed by atoms with Gasteiger partial charge in [-0.2, -0.15) is 5.10 Å². The summed E-state index contributed by atoms with van der Waals surface area (Å²) in [5, 5.41) is 7.05. The van der Waals surface area contributed by atoms with Crippen molar-refractivity contribution in [3.05, 3.63) is 65.0 Å². The molecule has 2 heterocycles. The number of benzene rings is 1. The number of carbonyl (C=O) groups excluding carboxylic acids is 1. The summed E-state index contributed by atoms with van der Waals surface area (Å²) < 4.78 is 4.51. The second-order valence-electron chi connectivity index (χ2n) is 4.56. The number of amides is 1. The predicted octanol–water partition coefficient (Wildman–Crippen LogP) is 3.23. The van der Waals surface area contributed by atoms with Gasteiger partial charge in [0.1, 0.15) is 11.4 Å². The Morgan fingerprint density at radius 1 is 1.19 bits per heavy atom. The van der Waals surface area contributed by atoms with Crippen LogP contribution in [0.5, 0.6) is 0 Å². The topological polar surface area (TPSA) is 51.9 Å². The van der Waals surface area contributed by atoms with Gasteiger partial charge in [0.25, 0.3) is 5.91 Å². The number of hydrogen-bond acceptors (Lipinski definition) is 2. The van der Waals surface area contributed by atoms with E-state index in [0.29, 0.717) is 5.56 Å². The van der Waals surface area contributed by atoms with Gasteiger partial charge in [0.2, 0.25) is 0 Å². The maximum Gasteiger partial charge on any atom is 0.261 e. The molecule has 1 aromatic carbocycles. The highest BCUT2D eigenvalue weighted by molar-refractivity contribution is 9.10. The van der Waals surface area contributed by atoms with Crippen LogP contribution in [0.2, 0.25) is 0 Å². The van der Waals surface area contributed by atoms with Crippen LogP contribution in [0.1, 0.15) is 10.4 Å². The van der Waals surface area contributed by atoms with Gasteiger partial charge in [-0.1, -0.05) is 15.9 Å². The first-order valence-electron chi connectivity index (χ1n) is 6.37. The van der Waals surface area contributed by atoms with Crippen molar-refractivity contribution in [1.29, 1.82) is 0 Å². The van der Waals surface area contributed by atoms with Gasteiger partial charge in [-0.3, -0.25) is 9.48 Å². The number of nitrogens with one attached hydrogen (secondary N) is 1. The standard InChI is InChI=1S/C15H13BrN4O/c1-19-15(20-8-2-3-9-20)13(10-17-19)14(21)18-12-6-4-11(16)5-7-12/h2-10H,1H3,(H,18,21). The van der Waals surface area contributed by atoms with E-state index in [1.807, 2.05) is 60.4 Å². The molecule has 3 rings (SSSR count). The van der Waals surface area contributed by atoms with Gasteiger partial charge in [0, 0.05) is 29.6 Å². The second-order valence-corrected chi connectivity index (χ2v) is 5.47. The van der Waals surface area contributed by atoms with Crippen LogP contribution in [0.15, 0.2) is 59.5 Å². The molecule has 21 heavy (non-hydrogen) atoms. The number of carbonyl (C=O) groups is 1. The molecule has 3 aromatic rings. The molecule has 5 nitrogen and oxygen atoms in total. The maximum absolute atomic E-state index is 12.4. The Hall–Kier alpha value is -2.34. The van der Waals surface area contributed by atoms with Gasteiger partial charge < -0.3 is 9.88 Å². The highest BCUT2D eigenvalue weighted by Gasteiger charge is 2.17. The first-order valence-corrected chi connectivity index (χ1v) is 7.17. The number of nitrogens with zero attached hydrogens (tertiary/aromatic N) is 3. The fourth-order valence-corrected chi connectivity index (χ4v) is 2.37. The Balaban J connectivity index is 1.90. The summed E-state index contributed by atoms with van der Waals surface area (Å²) in [6, 6.07) is 11.3. The SMILES string of the molecule is Cn1ncc(C(=O)Nc2ccc(Br)cc2)c1-n1cccc1. The number of hydrogen-bond donors (Lipinski definition) is 1. The third kappa shape index (κ3) is 2.75. The normalized spacial score (nSPS) is 10.6. The van der Waals surface area contributed by atoms with Gasteiger partial charge >= 0.3 is 0 Å². The number of aryl methyl sites for hydroxylation is 1. The molecule has 0 saturated carbocycles. The summed E-state index contributed by atoms with van der Waals surface area (Å²) in [4.78, 5) is 12.4. The van der Waals surface area contributed by atoms with Gasteiger partial charge in [-0.05, 0) is 36.4 Å². The first-order chi connectivity index (χ1) is 10.1. The summed E-state index contributed by atoms with van der Waals surface area (Å²) in [5.74, 6) is 0.545. The Morgan fingerprint density at radius 3 is 2.52 bits per heavy atom. The summed E-state index contributed by atoms with van der Waals surface area (Å²) in [6.07, 6.45) is 5.34. The van der Waals surface area contributed by atoms with Crippen LogP contribution >= 0.6 is 15.9 Å².